The SMILES string of the molecule is CN(Cc1ccc2c(c1)OCO2)C(=O)C1CCN(C2=NS(=O)(=O)c3ccccc32)CC1. The van der Waals surface area contributed by atoms with Crippen LogP contribution in [0.3, 0.4) is 0 Å². The second-order valence-corrected chi connectivity index (χ2v) is 9.60. The molecule has 0 spiro atoms. The van der Waals surface area contributed by atoms with Crippen LogP contribution in [0.2, 0.25) is 0 Å². The highest BCUT2D eigenvalue weighted by Crippen LogP contribution is 2.33. The average Bonchev–Trinajstić information content (AvgIpc) is 3.35. The zero-order chi connectivity index (χ0) is 21.6. The Morgan fingerprint density at radius 3 is 2.68 bits per heavy atom. The molecular weight excluding hydrogens is 418 g/mol. The fraction of sp³-hybridized carbons (Fsp3) is 0.364. The lowest BCUT2D eigenvalue weighted by atomic mass is 9.94. The molecule has 1 saturated heterocycles. The van der Waals surface area contributed by atoms with Crippen molar-refractivity contribution in [3.05, 3.63) is 53.6 Å². The van der Waals surface area contributed by atoms with Gasteiger partial charge in [-0.05, 0) is 42.7 Å². The van der Waals surface area contributed by atoms with Gasteiger partial charge in [0.25, 0.3) is 10.0 Å². The Morgan fingerprint density at radius 2 is 1.87 bits per heavy atom. The highest BCUT2D eigenvalue weighted by Gasteiger charge is 2.35. The standard InChI is InChI=1S/C22H23N3O5S/c1-24(13-15-6-7-18-19(12-15)30-14-29-18)22(26)16-8-10-25(11-9-16)21-17-4-2-3-5-20(17)31(27,28)23-21/h2-7,12,16H,8-11,13-14H2,1H3. The van der Waals surface area contributed by atoms with Crippen LogP contribution in [0.15, 0.2) is 51.8 Å². The number of amides is 1. The summed E-state index contributed by atoms with van der Waals surface area (Å²) in [4.78, 5) is 17.0. The first-order chi connectivity index (χ1) is 14.9. The molecule has 0 unspecified atom stereocenters. The smallest absolute Gasteiger partial charge is 0.285 e. The van der Waals surface area contributed by atoms with Crippen LogP contribution in [0.5, 0.6) is 11.5 Å². The minimum atomic E-state index is -3.63. The molecule has 3 aliphatic rings. The summed E-state index contributed by atoms with van der Waals surface area (Å²) in [5, 5.41) is 0. The van der Waals surface area contributed by atoms with Crippen molar-refractivity contribution in [2.75, 3.05) is 26.9 Å². The molecular formula is C22H23N3O5S. The molecule has 3 heterocycles. The van der Waals surface area contributed by atoms with Gasteiger partial charge in [-0.25, -0.2) is 0 Å². The zero-order valence-corrected chi connectivity index (χ0v) is 18.0. The molecule has 8 nitrogen and oxygen atoms in total. The van der Waals surface area contributed by atoms with E-state index in [1.807, 2.05) is 36.2 Å². The molecule has 0 bridgehead atoms. The number of amidine groups is 1. The van der Waals surface area contributed by atoms with E-state index in [0.717, 1.165) is 11.3 Å². The maximum atomic E-state index is 13.0. The number of piperidine rings is 1. The van der Waals surface area contributed by atoms with Gasteiger partial charge in [-0.2, -0.15) is 8.42 Å². The number of ether oxygens (including phenoxy) is 2. The maximum absolute atomic E-state index is 13.0. The van der Waals surface area contributed by atoms with Crippen LogP contribution >= 0.6 is 0 Å². The van der Waals surface area contributed by atoms with Crippen LogP contribution < -0.4 is 9.47 Å². The van der Waals surface area contributed by atoms with Gasteiger partial charge >= 0.3 is 0 Å². The molecule has 0 radical (unpaired) electrons. The monoisotopic (exact) mass is 441 g/mol. The summed E-state index contributed by atoms with van der Waals surface area (Å²) in [6.07, 6.45) is 1.32. The Labute approximate surface area is 181 Å². The van der Waals surface area contributed by atoms with E-state index in [1.54, 1.807) is 23.1 Å². The predicted octanol–water partition coefficient (Wildman–Crippen LogP) is 2.23. The number of hydrogen-bond acceptors (Lipinski definition) is 6. The summed E-state index contributed by atoms with van der Waals surface area (Å²) in [6, 6.07) is 12.6. The highest BCUT2D eigenvalue weighted by atomic mass is 32.2. The summed E-state index contributed by atoms with van der Waals surface area (Å²) < 4.78 is 39.4. The minimum absolute atomic E-state index is 0.0934. The molecule has 3 aliphatic heterocycles. The van der Waals surface area contributed by atoms with E-state index < -0.39 is 10.0 Å². The lowest BCUT2D eigenvalue weighted by molar-refractivity contribution is -0.136. The Kier molecular flexibility index (Phi) is 4.85. The molecule has 0 aliphatic carbocycles. The van der Waals surface area contributed by atoms with E-state index in [9.17, 15) is 13.2 Å². The highest BCUT2D eigenvalue weighted by molar-refractivity contribution is 7.90. The fourth-order valence-corrected chi connectivity index (χ4v) is 5.59. The Hall–Kier alpha value is -3.07. The number of carbonyl (C=O) groups is 1. The van der Waals surface area contributed by atoms with E-state index in [-0.39, 0.29) is 23.5 Å². The van der Waals surface area contributed by atoms with E-state index in [1.165, 1.54) is 0 Å². The summed E-state index contributed by atoms with van der Waals surface area (Å²) in [5.41, 5.74) is 1.63. The largest absolute Gasteiger partial charge is 0.454 e. The molecule has 0 N–H and O–H groups in total. The molecule has 1 amide bonds. The summed E-state index contributed by atoms with van der Waals surface area (Å²) in [5.74, 6) is 1.93. The van der Waals surface area contributed by atoms with E-state index in [2.05, 4.69) is 4.40 Å². The molecule has 2 aromatic carbocycles. The molecule has 162 valence electrons. The number of fused-ring (bicyclic) bond motifs is 2. The lowest BCUT2D eigenvalue weighted by Gasteiger charge is -2.34. The van der Waals surface area contributed by atoms with Gasteiger partial charge in [-0.3, -0.25) is 4.79 Å². The van der Waals surface area contributed by atoms with Gasteiger partial charge in [-0.1, -0.05) is 18.2 Å². The van der Waals surface area contributed by atoms with Crippen molar-refractivity contribution in [3.8, 4) is 11.5 Å². The second kappa shape index (κ2) is 7.56. The fourth-order valence-electron chi connectivity index (χ4n) is 4.36. The Morgan fingerprint density at radius 1 is 1.13 bits per heavy atom. The third kappa shape index (κ3) is 3.63. The quantitative estimate of drug-likeness (QED) is 0.726. The van der Waals surface area contributed by atoms with Crippen molar-refractivity contribution in [2.45, 2.75) is 24.3 Å². The van der Waals surface area contributed by atoms with Gasteiger partial charge in [0, 0.05) is 38.2 Å². The first-order valence-corrected chi connectivity index (χ1v) is 11.7. The first-order valence-electron chi connectivity index (χ1n) is 10.3. The number of nitrogens with zero attached hydrogens (tertiary/aromatic N) is 3. The number of likely N-dealkylation sites (tertiary alicyclic amines) is 1. The lowest BCUT2D eigenvalue weighted by Crippen LogP contribution is -2.43. The van der Waals surface area contributed by atoms with Crippen LogP contribution in [0.25, 0.3) is 0 Å². The first kappa shape index (κ1) is 19.9. The summed E-state index contributed by atoms with van der Waals surface area (Å²) in [6.45, 7) is 1.91. The number of benzene rings is 2. The van der Waals surface area contributed by atoms with Crippen molar-refractivity contribution in [1.82, 2.24) is 9.80 Å². The molecule has 9 heteroatoms. The number of sulfonamides is 1. The van der Waals surface area contributed by atoms with Gasteiger partial charge in [0.2, 0.25) is 12.7 Å². The maximum Gasteiger partial charge on any atom is 0.285 e. The van der Waals surface area contributed by atoms with Gasteiger partial charge in [0.1, 0.15) is 4.90 Å². The molecule has 0 atom stereocenters. The van der Waals surface area contributed by atoms with Crippen molar-refractivity contribution in [2.24, 2.45) is 10.3 Å². The van der Waals surface area contributed by atoms with E-state index >= 15 is 0 Å². The molecule has 5 rings (SSSR count). The molecule has 2 aromatic rings. The van der Waals surface area contributed by atoms with E-state index in [4.69, 9.17) is 9.47 Å². The van der Waals surface area contributed by atoms with Crippen molar-refractivity contribution >= 4 is 21.8 Å². The van der Waals surface area contributed by atoms with Crippen LogP contribution in [0.1, 0.15) is 24.0 Å². The predicted molar refractivity (Wildman–Crippen MR) is 114 cm³/mol. The van der Waals surface area contributed by atoms with Crippen LogP contribution in [0, 0.1) is 5.92 Å². The van der Waals surface area contributed by atoms with Gasteiger partial charge in [-0.15, -0.1) is 4.40 Å². The van der Waals surface area contributed by atoms with Crippen LogP contribution in [-0.2, 0) is 21.4 Å². The minimum Gasteiger partial charge on any atom is -0.454 e. The Balaban J connectivity index is 1.22. The number of hydrogen-bond donors (Lipinski definition) is 0. The molecule has 1 fully saturated rings. The molecule has 0 aromatic heterocycles. The molecule has 31 heavy (non-hydrogen) atoms. The normalized spacial score (nSPS) is 19.1. The average molecular weight is 442 g/mol. The topological polar surface area (TPSA) is 88.5 Å². The van der Waals surface area contributed by atoms with Crippen molar-refractivity contribution in [1.29, 1.82) is 0 Å². The third-order valence-electron chi connectivity index (χ3n) is 5.99. The van der Waals surface area contributed by atoms with Gasteiger partial charge < -0.3 is 19.3 Å². The molecule has 0 saturated carbocycles. The summed E-state index contributed by atoms with van der Waals surface area (Å²) in [7, 11) is -1.83. The van der Waals surface area contributed by atoms with Crippen LogP contribution in [-0.4, -0.2) is 56.9 Å². The van der Waals surface area contributed by atoms with E-state index in [0.29, 0.717) is 49.6 Å². The van der Waals surface area contributed by atoms with Crippen molar-refractivity contribution < 1.29 is 22.7 Å². The second-order valence-electron chi connectivity index (χ2n) is 8.03. The number of rotatable bonds is 3. The van der Waals surface area contributed by atoms with Crippen molar-refractivity contribution in [3.63, 3.8) is 0 Å². The van der Waals surface area contributed by atoms with Gasteiger partial charge in [0.05, 0.1) is 0 Å². The summed E-state index contributed by atoms with van der Waals surface area (Å²) >= 11 is 0. The third-order valence-corrected chi connectivity index (χ3v) is 7.31. The number of carbonyl (C=O) groups excluding carboxylic acids is 1. The zero-order valence-electron chi connectivity index (χ0n) is 17.2. The van der Waals surface area contributed by atoms with Crippen LogP contribution in [0.4, 0.5) is 0 Å². The van der Waals surface area contributed by atoms with Gasteiger partial charge in [0.15, 0.2) is 17.3 Å². The Bertz CT molecular complexity index is 1170.